The van der Waals surface area contributed by atoms with Gasteiger partial charge in [-0.15, -0.1) is 0 Å². The third kappa shape index (κ3) is 1.55. The molecule has 2 N–H and O–H groups in total. The Kier molecular flexibility index (Phi) is 2.64. The zero-order valence-electron chi connectivity index (χ0n) is 13.3. The molecule has 0 spiro atoms. The summed E-state index contributed by atoms with van der Waals surface area (Å²) in [6.07, 6.45) is 0. The van der Waals surface area contributed by atoms with E-state index in [-0.39, 0.29) is 5.92 Å². The highest BCUT2D eigenvalue weighted by molar-refractivity contribution is 6.09. The van der Waals surface area contributed by atoms with Crippen LogP contribution in [-0.2, 0) is 11.4 Å². The van der Waals surface area contributed by atoms with Gasteiger partial charge in [0, 0.05) is 16.7 Å². The zero-order valence-corrected chi connectivity index (χ0v) is 13.3. The first-order chi connectivity index (χ1) is 10.8. The van der Waals surface area contributed by atoms with E-state index in [1.807, 2.05) is 26.8 Å². The topological polar surface area (TPSA) is 66.8 Å². The van der Waals surface area contributed by atoms with E-state index in [2.05, 4.69) is 0 Å². The van der Waals surface area contributed by atoms with Crippen molar-refractivity contribution >= 4 is 5.78 Å². The molecule has 2 unspecified atom stereocenters. The highest BCUT2D eigenvalue weighted by atomic mass is 16.7. The zero-order chi connectivity index (χ0) is 16.6. The van der Waals surface area contributed by atoms with Crippen LogP contribution in [0.15, 0.2) is 36.4 Å². The third-order valence-corrected chi connectivity index (χ3v) is 4.92. The number of ketones is 1. The molecule has 1 aliphatic carbocycles. The fraction of sp³-hybridized carbons (Fsp3) is 0.316. The lowest BCUT2D eigenvalue weighted by Crippen LogP contribution is -2.48. The lowest BCUT2D eigenvalue weighted by Gasteiger charge is -2.28. The number of ether oxygens (including phenoxy) is 1. The van der Waals surface area contributed by atoms with Crippen LogP contribution in [0.5, 0.6) is 5.75 Å². The molecule has 0 fully saturated rings. The molecule has 4 nitrogen and oxygen atoms in total. The lowest BCUT2D eigenvalue weighted by atomic mass is 9.86. The number of hydrogen-bond acceptors (Lipinski definition) is 4. The van der Waals surface area contributed by atoms with Gasteiger partial charge in [-0.1, -0.05) is 43.7 Å². The molecular formula is C19H18O4. The van der Waals surface area contributed by atoms with Crippen LogP contribution in [0.2, 0.25) is 0 Å². The molecule has 4 heteroatoms. The molecule has 2 aromatic rings. The Hall–Kier alpha value is -2.17. The smallest absolute Gasteiger partial charge is 0.276 e. The SMILES string of the molecule is Cc1ccc2c(c1)C(=O)C1(O)c3ccc(C(C)C)cc3OC21O. The Balaban J connectivity index is 1.96. The first kappa shape index (κ1) is 14.4. The summed E-state index contributed by atoms with van der Waals surface area (Å²) in [5.74, 6) is -1.94. The fourth-order valence-corrected chi connectivity index (χ4v) is 3.56. The Morgan fingerprint density at radius 3 is 2.43 bits per heavy atom. The second-order valence-electron chi connectivity index (χ2n) is 6.74. The highest BCUT2D eigenvalue weighted by Crippen LogP contribution is 2.58. The Bertz CT molecular complexity index is 854. The quantitative estimate of drug-likeness (QED) is 0.850. The van der Waals surface area contributed by atoms with Crippen LogP contribution in [0.4, 0.5) is 0 Å². The minimum absolute atomic E-state index is 0.277. The van der Waals surface area contributed by atoms with E-state index in [0.717, 1.165) is 11.1 Å². The van der Waals surface area contributed by atoms with E-state index in [9.17, 15) is 15.0 Å². The summed E-state index contributed by atoms with van der Waals surface area (Å²) in [5.41, 5.74) is 0.774. The number of fused-ring (bicyclic) bond motifs is 5. The van der Waals surface area contributed by atoms with Gasteiger partial charge in [-0.2, -0.15) is 0 Å². The molecule has 118 valence electrons. The number of Topliss-reactive ketones (excluding diaryl/α,β-unsaturated/α-hetero) is 1. The van der Waals surface area contributed by atoms with Crippen LogP contribution in [0.1, 0.15) is 52.4 Å². The lowest BCUT2D eigenvalue weighted by molar-refractivity contribution is -0.224. The third-order valence-electron chi connectivity index (χ3n) is 4.92. The van der Waals surface area contributed by atoms with E-state index >= 15 is 0 Å². The summed E-state index contributed by atoms with van der Waals surface area (Å²) in [7, 11) is 0. The minimum Gasteiger partial charge on any atom is -0.454 e. The fourth-order valence-electron chi connectivity index (χ4n) is 3.56. The van der Waals surface area contributed by atoms with Crippen molar-refractivity contribution in [3.63, 3.8) is 0 Å². The van der Waals surface area contributed by atoms with E-state index in [1.165, 1.54) is 0 Å². The van der Waals surface area contributed by atoms with Crippen LogP contribution in [0.25, 0.3) is 0 Å². The van der Waals surface area contributed by atoms with Crippen molar-refractivity contribution in [1.82, 2.24) is 0 Å². The largest absolute Gasteiger partial charge is 0.454 e. The van der Waals surface area contributed by atoms with Crippen LogP contribution in [0, 0.1) is 6.92 Å². The van der Waals surface area contributed by atoms with Crippen LogP contribution >= 0.6 is 0 Å². The first-order valence-electron chi connectivity index (χ1n) is 7.73. The van der Waals surface area contributed by atoms with Gasteiger partial charge in [0.25, 0.3) is 5.79 Å². The standard InChI is InChI=1S/C19H18O4/c1-10(2)12-5-7-15-16(9-12)23-19(22)14-6-4-11(3)8-13(14)17(20)18(15,19)21/h4-10,21-22H,1-3H3. The molecule has 0 radical (unpaired) electrons. The monoisotopic (exact) mass is 310 g/mol. The molecule has 0 bridgehead atoms. The van der Waals surface area contributed by atoms with Gasteiger partial charge in [0.2, 0.25) is 11.4 Å². The van der Waals surface area contributed by atoms with Gasteiger partial charge in [-0.25, -0.2) is 0 Å². The van der Waals surface area contributed by atoms with Gasteiger partial charge in [0.05, 0.1) is 0 Å². The van der Waals surface area contributed by atoms with Crippen LogP contribution in [-0.4, -0.2) is 16.0 Å². The Morgan fingerprint density at radius 1 is 1.04 bits per heavy atom. The molecule has 2 aromatic carbocycles. The van der Waals surface area contributed by atoms with Gasteiger partial charge in [-0.3, -0.25) is 4.79 Å². The molecule has 2 atom stereocenters. The second-order valence-corrected chi connectivity index (χ2v) is 6.74. The van der Waals surface area contributed by atoms with Crippen molar-refractivity contribution in [3.05, 3.63) is 64.2 Å². The van der Waals surface area contributed by atoms with Crippen molar-refractivity contribution in [2.45, 2.75) is 38.1 Å². The summed E-state index contributed by atoms with van der Waals surface area (Å²) < 4.78 is 5.73. The van der Waals surface area contributed by atoms with Crippen LogP contribution < -0.4 is 4.74 Å². The van der Waals surface area contributed by atoms with Gasteiger partial charge in [-0.05, 0) is 30.5 Å². The summed E-state index contributed by atoms with van der Waals surface area (Å²) in [4.78, 5) is 12.8. The molecule has 1 aliphatic heterocycles. The average molecular weight is 310 g/mol. The Morgan fingerprint density at radius 2 is 1.74 bits per heavy atom. The predicted octanol–water partition coefficient (Wildman–Crippen LogP) is 2.74. The maximum atomic E-state index is 12.8. The molecule has 0 aromatic heterocycles. The van der Waals surface area contributed by atoms with E-state index in [1.54, 1.807) is 30.3 Å². The number of carbonyl (C=O) groups excluding carboxylic acids is 1. The summed E-state index contributed by atoms with van der Waals surface area (Å²) in [5, 5.41) is 22.2. The molecule has 4 rings (SSSR count). The summed E-state index contributed by atoms with van der Waals surface area (Å²) in [6.45, 7) is 5.95. The molecule has 23 heavy (non-hydrogen) atoms. The normalized spacial score (nSPS) is 27.7. The highest BCUT2D eigenvalue weighted by Gasteiger charge is 2.70. The molecule has 1 heterocycles. The molecular weight excluding hydrogens is 292 g/mol. The van der Waals surface area contributed by atoms with Crippen molar-refractivity contribution in [2.75, 3.05) is 0 Å². The van der Waals surface area contributed by atoms with Crippen LogP contribution in [0.3, 0.4) is 0 Å². The number of hydrogen-bond donors (Lipinski definition) is 2. The van der Waals surface area contributed by atoms with Gasteiger partial charge in [0.1, 0.15) is 5.75 Å². The average Bonchev–Trinajstić information content (AvgIpc) is 2.83. The number of aryl methyl sites for hydroxylation is 1. The van der Waals surface area contributed by atoms with E-state index < -0.39 is 17.2 Å². The van der Waals surface area contributed by atoms with Gasteiger partial charge >= 0.3 is 0 Å². The van der Waals surface area contributed by atoms with E-state index in [4.69, 9.17) is 4.74 Å². The first-order valence-corrected chi connectivity index (χ1v) is 7.73. The van der Waals surface area contributed by atoms with Crippen molar-refractivity contribution < 1.29 is 19.7 Å². The minimum atomic E-state index is -2.09. The Labute approximate surface area is 134 Å². The number of benzene rings is 2. The predicted molar refractivity (Wildman–Crippen MR) is 84.5 cm³/mol. The summed E-state index contributed by atoms with van der Waals surface area (Å²) >= 11 is 0. The van der Waals surface area contributed by atoms with Crippen molar-refractivity contribution in [2.24, 2.45) is 0 Å². The van der Waals surface area contributed by atoms with Crippen molar-refractivity contribution in [3.8, 4) is 5.75 Å². The van der Waals surface area contributed by atoms with E-state index in [0.29, 0.717) is 22.4 Å². The number of carbonyl (C=O) groups is 1. The maximum Gasteiger partial charge on any atom is 0.276 e. The molecule has 0 amide bonds. The second kappa shape index (κ2) is 4.22. The molecule has 0 saturated carbocycles. The molecule has 0 saturated heterocycles. The van der Waals surface area contributed by atoms with Gasteiger partial charge < -0.3 is 14.9 Å². The van der Waals surface area contributed by atoms with Gasteiger partial charge in [0.15, 0.2) is 0 Å². The maximum absolute atomic E-state index is 12.8. The number of rotatable bonds is 1. The van der Waals surface area contributed by atoms with Crippen molar-refractivity contribution in [1.29, 1.82) is 0 Å². The number of aliphatic hydroxyl groups is 2. The summed E-state index contributed by atoms with van der Waals surface area (Å²) in [6, 6.07) is 10.4. The molecule has 2 aliphatic rings.